The van der Waals surface area contributed by atoms with Crippen LogP contribution in [0.1, 0.15) is 13.3 Å². The van der Waals surface area contributed by atoms with Gasteiger partial charge in [0, 0.05) is 28.9 Å². The number of hydrogen-bond acceptors (Lipinski definition) is 3. The number of hydrogen-bond donors (Lipinski definition) is 2. The molecular formula is C9H15NO4S. The zero-order valence-corrected chi connectivity index (χ0v) is 9.54. The molecule has 0 spiro atoms. The SMILES string of the molecule is CC(CS(C)=O)NC(=O)[C@@H]1C[C@H]1C(=O)O. The van der Waals surface area contributed by atoms with Gasteiger partial charge >= 0.3 is 5.97 Å². The molecule has 0 bridgehead atoms. The van der Waals surface area contributed by atoms with E-state index in [0.717, 1.165) is 0 Å². The number of carbonyl (C=O) groups excluding carboxylic acids is 1. The number of carbonyl (C=O) groups is 2. The largest absolute Gasteiger partial charge is 0.481 e. The fraction of sp³-hybridized carbons (Fsp3) is 0.778. The van der Waals surface area contributed by atoms with E-state index >= 15 is 0 Å². The molecule has 4 atom stereocenters. The van der Waals surface area contributed by atoms with E-state index in [1.165, 1.54) is 0 Å². The van der Waals surface area contributed by atoms with Crippen molar-refractivity contribution >= 4 is 22.7 Å². The highest BCUT2D eigenvalue weighted by molar-refractivity contribution is 7.84. The van der Waals surface area contributed by atoms with Crippen LogP contribution in [0.25, 0.3) is 0 Å². The molecule has 0 aromatic carbocycles. The van der Waals surface area contributed by atoms with E-state index in [1.807, 2.05) is 0 Å². The molecule has 1 saturated carbocycles. The monoisotopic (exact) mass is 233 g/mol. The molecule has 0 saturated heterocycles. The summed E-state index contributed by atoms with van der Waals surface area (Å²) in [5.74, 6) is -1.67. The Morgan fingerprint density at radius 2 is 2.13 bits per heavy atom. The lowest BCUT2D eigenvalue weighted by molar-refractivity contribution is -0.140. The predicted molar refractivity (Wildman–Crippen MR) is 55.8 cm³/mol. The number of rotatable bonds is 5. The molecule has 0 radical (unpaired) electrons. The van der Waals surface area contributed by atoms with Gasteiger partial charge in [-0.3, -0.25) is 13.8 Å². The third-order valence-electron chi connectivity index (χ3n) is 2.32. The number of nitrogens with one attached hydrogen (secondary N) is 1. The Bertz CT molecular complexity index is 304. The van der Waals surface area contributed by atoms with Gasteiger partial charge in [0.2, 0.25) is 5.91 Å². The van der Waals surface area contributed by atoms with E-state index in [-0.39, 0.29) is 11.9 Å². The van der Waals surface area contributed by atoms with Gasteiger partial charge < -0.3 is 10.4 Å². The van der Waals surface area contributed by atoms with Crippen molar-refractivity contribution < 1.29 is 18.9 Å². The van der Waals surface area contributed by atoms with Crippen molar-refractivity contribution in [3.63, 3.8) is 0 Å². The average Bonchev–Trinajstić information content (AvgIpc) is 2.79. The maximum Gasteiger partial charge on any atom is 0.307 e. The molecule has 0 aromatic heterocycles. The van der Waals surface area contributed by atoms with Crippen LogP contribution in [0.2, 0.25) is 0 Å². The van der Waals surface area contributed by atoms with Gasteiger partial charge in [-0.15, -0.1) is 0 Å². The van der Waals surface area contributed by atoms with Crippen LogP contribution in [-0.2, 0) is 20.4 Å². The van der Waals surface area contributed by atoms with Crippen molar-refractivity contribution in [2.24, 2.45) is 11.8 Å². The van der Waals surface area contributed by atoms with Crippen molar-refractivity contribution in [2.45, 2.75) is 19.4 Å². The molecule has 1 rings (SSSR count). The summed E-state index contributed by atoms with van der Waals surface area (Å²) in [6.45, 7) is 1.76. The topological polar surface area (TPSA) is 83.5 Å². The van der Waals surface area contributed by atoms with E-state index in [1.54, 1.807) is 13.2 Å². The van der Waals surface area contributed by atoms with Gasteiger partial charge in [-0.2, -0.15) is 0 Å². The van der Waals surface area contributed by atoms with Gasteiger partial charge in [-0.05, 0) is 13.3 Å². The average molecular weight is 233 g/mol. The standard InChI is InChI=1S/C9H15NO4S/c1-5(4-15(2)14)10-8(11)6-3-7(6)9(12)13/h5-7H,3-4H2,1-2H3,(H,10,11)(H,12,13)/t5?,6-,7-,15?/m1/s1. The predicted octanol–water partition coefficient (Wildman–Crippen LogP) is -0.410. The Hall–Kier alpha value is -0.910. The van der Waals surface area contributed by atoms with Crippen LogP contribution < -0.4 is 5.32 Å². The second kappa shape index (κ2) is 4.74. The maximum absolute atomic E-state index is 11.4. The fourth-order valence-electron chi connectivity index (χ4n) is 1.50. The number of carboxylic acid groups (broad SMARTS) is 1. The zero-order chi connectivity index (χ0) is 11.6. The second-order valence-corrected chi connectivity index (χ2v) is 5.42. The lowest BCUT2D eigenvalue weighted by atomic mass is 10.3. The molecule has 0 aliphatic heterocycles. The normalized spacial score (nSPS) is 27.9. The molecule has 2 N–H and O–H groups in total. The minimum atomic E-state index is -0.953. The van der Waals surface area contributed by atoms with E-state index in [4.69, 9.17) is 5.11 Å². The molecule has 1 fully saturated rings. The summed E-state index contributed by atoms with van der Waals surface area (Å²) < 4.78 is 10.9. The first-order valence-electron chi connectivity index (χ1n) is 4.75. The zero-order valence-electron chi connectivity index (χ0n) is 8.73. The summed E-state index contributed by atoms with van der Waals surface area (Å²) >= 11 is 0. The van der Waals surface area contributed by atoms with Crippen LogP contribution in [0.4, 0.5) is 0 Å². The minimum absolute atomic E-state index is 0.168. The van der Waals surface area contributed by atoms with Crippen molar-refractivity contribution in [1.82, 2.24) is 5.32 Å². The van der Waals surface area contributed by atoms with Crippen LogP contribution in [-0.4, -0.2) is 39.2 Å². The smallest absolute Gasteiger partial charge is 0.307 e. The molecule has 1 aliphatic carbocycles. The van der Waals surface area contributed by atoms with Gasteiger partial charge in [-0.1, -0.05) is 0 Å². The summed E-state index contributed by atoms with van der Waals surface area (Å²) in [4.78, 5) is 22.0. The summed E-state index contributed by atoms with van der Waals surface area (Å²) in [6, 6.07) is -0.168. The summed E-state index contributed by atoms with van der Waals surface area (Å²) in [7, 11) is -0.953. The number of aliphatic carboxylic acids is 1. The van der Waals surface area contributed by atoms with Crippen LogP contribution >= 0.6 is 0 Å². The van der Waals surface area contributed by atoms with Gasteiger partial charge in [0.1, 0.15) is 0 Å². The Morgan fingerprint density at radius 1 is 1.53 bits per heavy atom. The minimum Gasteiger partial charge on any atom is -0.481 e. The highest BCUT2D eigenvalue weighted by atomic mass is 32.2. The van der Waals surface area contributed by atoms with Crippen LogP contribution in [0.3, 0.4) is 0 Å². The van der Waals surface area contributed by atoms with E-state index in [9.17, 15) is 13.8 Å². The summed E-state index contributed by atoms with van der Waals surface area (Å²) in [6.07, 6.45) is 1.99. The van der Waals surface area contributed by atoms with E-state index in [0.29, 0.717) is 12.2 Å². The highest BCUT2D eigenvalue weighted by Gasteiger charge is 2.48. The highest BCUT2D eigenvalue weighted by Crippen LogP contribution is 2.38. The molecule has 1 amide bonds. The Kier molecular flexibility index (Phi) is 3.84. The van der Waals surface area contributed by atoms with E-state index in [2.05, 4.69) is 5.32 Å². The van der Waals surface area contributed by atoms with Crippen molar-refractivity contribution in [2.75, 3.05) is 12.0 Å². The van der Waals surface area contributed by atoms with Crippen LogP contribution in [0, 0.1) is 11.8 Å². The lowest BCUT2D eigenvalue weighted by Gasteiger charge is -2.11. The van der Waals surface area contributed by atoms with Crippen molar-refractivity contribution in [3.05, 3.63) is 0 Å². The second-order valence-electron chi connectivity index (χ2n) is 3.94. The first-order chi connectivity index (χ1) is 6.91. The molecule has 86 valence electrons. The van der Waals surface area contributed by atoms with Gasteiger partial charge in [0.05, 0.1) is 11.8 Å². The number of carboxylic acids is 1. The third-order valence-corrected chi connectivity index (χ3v) is 3.29. The molecule has 15 heavy (non-hydrogen) atoms. The van der Waals surface area contributed by atoms with Gasteiger partial charge in [0.25, 0.3) is 0 Å². The summed E-state index contributed by atoms with van der Waals surface area (Å²) in [5.41, 5.74) is 0. The molecular weight excluding hydrogens is 218 g/mol. The quantitative estimate of drug-likeness (QED) is 0.676. The number of amides is 1. The van der Waals surface area contributed by atoms with Gasteiger partial charge in [0.15, 0.2) is 0 Å². The van der Waals surface area contributed by atoms with Crippen molar-refractivity contribution in [1.29, 1.82) is 0 Å². The lowest BCUT2D eigenvalue weighted by Crippen LogP contribution is -2.37. The summed E-state index contributed by atoms with van der Waals surface area (Å²) in [5, 5.41) is 11.3. The van der Waals surface area contributed by atoms with Crippen LogP contribution in [0.5, 0.6) is 0 Å². The van der Waals surface area contributed by atoms with E-state index < -0.39 is 28.6 Å². The molecule has 0 heterocycles. The van der Waals surface area contributed by atoms with Crippen LogP contribution in [0.15, 0.2) is 0 Å². The Labute approximate surface area is 90.7 Å². The van der Waals surface area contributed by atoms with Crippen molar-refractivity contribution in [3.8, 4) is 0 Å². The molecule has 6 heteroatoms. The first kappa shape index (κ1) is 12.2. The molecule has 0 aromatic rings. The Morgan fingerprint density at radius 3 is 2.53 bits per heavy atom. The third kappa shape index (κ3) is 3.62. The maximum atomic E-state index is 11.4. The molecule has 5 nitrogen and oxygen atoms in total. The molecule has 2 unspecified atom stereocenters. The van der Waals surface area contributed by atoms with Gasteiger partial charge in [-0.25, -0.2) is 0 Å². The molecule has 1 aliphatic rings. The Balaban J connectivity index is 2.31. The first-order valence-corrected chi connectivity index (χ1v) is 6.47. The fourth-order valence-corrected chi connectivity index (χ4v) is 2.29.